The molecule has 2 aromatic heterocycles. The Balaban J connectivity index is 0.958. The van der Waals surface area contributed by atoms with Crippen molar-refractivity contribution in [2.45, 2.75) is 0 Å². The molecule has 0 saturated heterocycles. The summed E-state index contributed by atoms with van der Waals surface area (Å²) in [6.45, 7) is 0. The molecule has 0 saturated carbocycles. The zero-order valence-electron chi connectivity index (χ0n) is 41.1. The lowest BCUT2D eigenvalue weighted by Crippen LogP contribution is -2.12. The van der Waals surface area contributed by atoms with Gasteiger partial charge in [-0.25, -0.2) is 0 Å². The van der Waals surface area contributed by atoms with E-state index in [4.69, 9.17) is 8.83 Å². The molecule has 0 aliphatic heterocycles. The molecule has 0 radical (unpaired) electrons. The van der Waals surface area contributed by atoms with E-state index < -0.39 is 0 Å². The van der Waals surface area contributed by atoms with Crippen LogP contribution in [0.25, 0.3) is 120 Å². The monoisotopic (exact) mass is 968 g/mol. The lowest BCUT2D eigenvalue weighted by molar-refractivity contribution is 0.669. The Labute approximate surface area is 437 Å². The molecule has 0 spiro atoms. The minimum Gasteiger partial charge on any atom is -0.454 e. The first-order valence-electron chi connectivity index (χ1n) is 26.0. The molecule has 0 unspecified atom stereocenters. The van der Waals surface area contributed by atoms with Crippen molar-refractivity contribution in [3.05, 3.63) is 267 Å². The third-order valence-corrected chi connectivity index (χ3v) is 15.7. The SMILES string of the molecule is c1ccc(-c2cccc(N(c3ccc4ccc5c(N(c6cccc(-c7ccccc7)c6)c6cccc7c6oc6ccc8ccccc8c67)ccc6ccc3c4c65)c3cccc4c3oc3ccc5ccccc5c34)c2)cc1. The average Bonchev–Trinajstić information content (AvgIpc) is 4.09. The van der Waals surface area contributed by atoms with Gasteiger partial charge >= 0.3 is 0 Å². The molecular formula is C72H44N2O2. The van der Waals surface area contributed by atoms with Gasteiger partial charge in [0.25, 0.3) is 0 Å². The highest BCUT2D eigenvalue weighted by molar-refractivity contribution is 6.29. The molecule has 0 atom stereocenters. The Morgan fingerprint density at radius 2 is 0.605 bits per heavy atom. The smallest absolute Gasteiger partial charge is 0.159 e. The molecule has 16 rings (SSSR count). The number of rotatable bonds is 8. The Kier molecular flexibility index (Phi) is 9.30. The van der Waals surface area contributed by atoms with Gasteiger partial charge in [-0.05, 0) is 126 Å². The minimum absolute atomic E-state index is 0.841. The molecule has 0 amide bonds. The first kappa shape index (κ1) is 42.4. The maximum atomic E-state index is 7.03. The van der Waals surface area contributed by atoms with Crippen molar-refractivity contribution in [2.75, 3.05) is 9.80 Å². The Morgan fingerprint density at radius 1 is 0.224 bits per heavy atom. The van der Waals surface area contributed by atoms with Crippen molar-refractivity contribution >= 4 is 132 Å². The standard InChI is InChI=1S/C72H44N2O2/c1-3-15-45(16-4-1)51-21-11-23-53(43-51)73(63-29-13-27-59-69-55-25-9-7-19-47(55)35-41-65(69)75-71(59)63)61-39-33-49-32-38-58-62(40-34-50-31-37-57(61)67(49)68(50)58)74(54-24-12-22-52(44-54)46-17-5-2-6-18-46)64-30-14-28-60-70-56-26-10-8-20-48(56)36-42-66(70)76-72(60)64/h1-44H. The van der Waals surface area contributed by atoms with Crippen LogP contribution in [0.5, 0.6) is 0 Å². The van der Waals surface area contributed by atoms with Gasteiger partial charge in [-0.2, -0.15) is 0 Å². The van der Waals surface area contributed by atoms with Crippen LogP contribution in [0.15, 0.2) is 276 Å². The second kappa shape index (κ2) is 16.7. The third kappa shape index (κ3) is 6.44. The molecule has 4 heteroatoms. The van der Waals surface area contributed by atoms with E-state index in [-0.39, 0.29) is 0 Å². The van der Waals surface area contributed by atoms with Crippen LogP contribution in [-0.4, -0.2) is 0 Å². The fourth-order valence-corrected chi connectivity index (χ4v) is 12.3. The maximum Gasteiger partial charge on any atom is 0.159 e. The summed E-state index contributed by atoms with van der Waals surface area (Å²) in [6.07, 6.45) is 0. The van der Waals surface area contributed by atoms with Gasteiger partial charge in [0.15, 0.2) is 11.2 Å². The maximum absolute atomic E-state index is 7.03. The first-order chi connectivity index (χ1) is 37.7. The van der Waals surface area contributed by atoms with E-state index in [1.807, 2.05) is 0 Å². The van der Waals surface area contributed by atoms with Crippen LogP contribution in [-0.2, 0) is 0 Å². The highest BCUT2D eigenvalue weighted by Crippen LogP contribution is 2.51. The quantitative estimate of drug-likeness (QED) is 0.142. The normalized spacial score (nSPS) is 11.9. The largest absolute Gasteiger partial charge is 0.454 e. The number of fused-ring (bicyclic) bond motifs is 10. The molecule has 0 aliphatic rings. The molecule has 76 heavy (non-hydrogen) atoms. The van der Waals surface area contributed by atoms with Gasteiger partial charge in [0.05, 0.1) is 22.7 Å². The van der Waals surface area contributed by atoms with Crippen LogP contribution in [0.4, 0.5) is 34.1 Å². The number of hydrogen-bond donors (Lipinski definition) is 0. The number of benzene rings is 14. The van der Waals surface area contributed by atoms with E-state index in [1.165, 1.54) is 43.1 Å². The molecule has 0 aliphatic carbocycles. The second-order valence-electron chi connectivity index (χ2n) is 19.9. The van der Waals surface area contributed by atoms with Gasteiger partial charge in [-0.3, -0.25) is 0 Å². The van der Waals surface area contributed by atoms with Gasteiger partial charge in [-0.15, -0.1) is 0 Å². The number of hydrogen-bond acceptors (Lipinski definition) is 4. The Bertz CT molecular complexity index is 4640. The summed E-state index contributed by atoms with van der Waals surface area (Å²) in [4.78, 5) is 4.83. The summed E-state index contributed by atoms with van der Waals surface area (Å²) in [5.74, 6) is 0. The number of furan rings is 2. The van der Waals surface area contributed by atoms with Gasteiger partial charge in [0, 0.05) is 43.7 Å². The predicted octanol–water partition coefficient (Wildman–Crippen LogP) is 21.0. The van der Waals surface area contributed by atoms with Gasteiger partial charge in [0.2, 0.25) is 0 Å². The fourth-order valence-electron chi connectivity index (χ4n) is 12.3. The van der Waals surface area contributed by atoms with Crippen LogP contribution in [0.1, 0.15) is 0 Å². The Morgan fingerprint density at radius 3 is 1.08 bits per heavy atom. The van der Waals surface area contributed by atoms with E-state index >= 15 is 0 Å². The molecule has 16 aromatic rings. The molecule has 4 nitrogen and oxygen atoms in total. The van der Waals surface area contributed by atoms with Crippen LogP contribution in [0, 0.1) is 0 Å². The summed E-state index contributed by atoms with van der Waals surface area (Å²) < 4.78 is 14.1. The molecule has 14 aromatic carbocycles. The van der Waals surface area contributed by atoms with Crippen LogP contribution >= 0.6 is 0 Å². The van der Waals surface area contributed by atoms with Crippen molar-refractivity contribution in [1.82, 2.24) is 0 Å². The van der Waals surface area contributed by atoms with E-state index in [2.05, 4.69) is 277 Å². The molecule has 354 valence electrons. The lowest BCUT2D eigenvalue weighted by Gasteiger charge is -2.29. The van der Waals surface area contributed by atoms with E-state index in [1.54, 1.807) is 0 Å². The topological polar surface area (TPSA) is 32.8 Å². The van der Waals surface area contributed by atoms with Crippen molar-refractivity contribution in [1.29, 1.82) is 0 Å². The zero-order chi connectivity index (χ0) is 49.8. The van der Waals surface area contributed by atoms with Crippen molar-refractivity contribution in [3.63, 3.8) is 0 Å². The third-order valence-electron chi connectivity index (χ3n) is 15.7. The predicted molar refractivity (Wildman–Crippen MR) is 320 cm³/mol. The van der Waals surface area contributed by atoms with Crippen LogP contribution < -0.4 is 9.80 Å². The molecule has 0 bridgehead atoms. The van der Waals surface area contributed by atoms with Crippen LogP contribution in [0.3, 0.4) is 0 Å². The molecule has 2 heterocycles. The van der Waals surface area contributed by atoms with Gasteiger partial charge in [0.1, 0.15) is 11.2 Å². The fraction of sp³-hybridized carbons (Fsp3) is 0. The van der Waals surface area contributed by atoms with Crippen LogP contribution in [0.2, 0.25) is 0 Å². The average molecular weight is 969 g/mol. The molecular weight excluding hydrogens is 925 g/mol. The van der Waals surface area contributed by atoms with Crippen molar-refractivity contribution in [2.24, 2.45) is 0 Å². The number of para-hydroxylation sites is 2. The summed E-state index contributed by atoms with van der Waals surface area (Å²) >= 11 is 0. The highest BCUT2D eigenvalue weighted by Gasteiger charge is 2.27. The number of anilines is 6. The van der Waals surface area contributed by atoms with E-state index in [0.29, 0.717) is 0 Å². The summed E-state index contributed by atoms with van der Waals surface area (Å²) in [6, 6.07) is 96.5. The number of nitrogens with zero attached hydrogens (tertiary/aromatic N) is 2. The van der Waals surface area contributed by atoms with Gasteiger partial charge in [-0.1, -0.05) is 206 Å². The Hall–Kier alpha value is -10.2. The summed E-state index contributed by atoms with van der Waals surface area (Å²) in [5, 5.41) is 16.2. The van der Waals surface area contributed by atoms with Crippen molar-refractivity contribution < 1.29 is 8.83 Å². The van der Waals surface area contributed by atoms with Crippen molar-refractivity contribution in [3.8, 4) is 22.3 Å². The molecule has 0 fully saturated rings. The minimum atomic E-state index is 0.841. The highest BCUT2D eigenvalue weighted by atomic mass is 16.3. The second-order valence-corrected chi connectivity index (χ2v) is 19.9. The van der Waals surface area contributed by atoms with Gasteiger partial charge < -0.3 is 18.6 Å². The first-order valence-corrected chi connectivity index (χ1v) is 26.0. The van der Waals surface area contributed by atoms with E-state index in [9.17, 15) is 0 Å². The zero-order valence-corrected chi connectivity index (χ0v) is 41.1. The molecule has 0 N–H and O–H groups in total. The summed E-state index contributed by atoms with van der Waals surface area (Å²) in [7, 11) is 0. The summed E-state index contributed by atoms with van der Waals surface area (Å²) in [5.41, 5.74) is 14.1. The lowest BCUT2D eigenvalue weighted by atomic mass is 9.91. The van der Waals surface area contributed by atoms with E-state index in [0.717, 1.165) is 111 Å².